The van der Waals surface area contributed by atoms with Gasteiger partial charge in [0.15, 0.2) is 0 Å². The Hall–Kier alpha value is -2.86. The molecule has 0 saturated heterocycles. The highest BCUT2D eigenvalue weighted by atomic mass is 32.1. The molecule has 1 aromatic heterocycles. The Balaban J connectivity index is 1.63. The minimum absolute atomic E-state index is 0.188. The second-order valence-electron chi connectivity index (χ2n) is 5.30. The Morgan fingerprint density at radius 1 is 1.00 bits per heavy atom. The SMILES string of the molecule is COc1ccc(CNC(=O)c2csc(-c3ccc(OC)cc3)n2)cc1. The van der Waals surface area contributed by atoms with Crippen LogP contribution in [0.4, 0.5) is 0 Å². The van der Waals surface area contributed by atoms with Gasteiger partial charge in [-0.2, -0.15) is 0 Å². The summed E-state index contributed by atoms with van der Waals surface area (Å²) in [5, 5.41) is 5.45. The fraction of sp³-hybridized carbons (Fsp3) is 0.158. The van der Waals surface area contributed by atoms with Crippen molar-refractivity contribution in [1.82, 2.24) is 10.3 Å². The molecule has 0 aliphatic rings. The maximum atomic E-state index is 12.3. The zero-order valence-electron chi connectivity index (χ0n) is 14.0. The van der Waals surface area contributed by atoms with Gasteiger partial charge >= 0.3 is 0 Å². The summed E-state index contributed by atoms with van der Waals surface area (Å²) in [6, 6.07) is 15.2. The van der Waals surface area contributed by atoms with Crippen LogP contribution in [0, 0.1) is 0 Å². The van der Waals surface area contributed by atoms with Gasteiger partial charge in [0.1, 0.15) is 22.2 Å². The minimum atomic E-state index is -0.188. The Kier molecular flexibility index (Phi) is 5.30. The van der Waals surface area contributed by atoms with Crippen LogP contribution in [-0.4, -0.2) is 25.1 Å². The first-order valence-corrected chi connectivity index (χ1v) is 8.58. The van der Waals surface area contributed by atoms with E-state index >= 15 is 0 Å². The van der Waals surface area contributed by atoms with Crippen LogP contribution >= 0.6 is 11.3 Å². The molecule has 2 aromatic carbocycles. The van der Waals surface area contributed by atoms with Crippen molar-refractivity contribution in [3.63, 3.8) is 0 Å². The van der Waals surface area contributed by atoms with E-state index in [0.29, 0.717) is 12.2 Å². The predicted octanol–water partition coefficient (Wildman–Crippen LogP) is 3.76. The van der Waals surface area contributed by atoms with Gasteiger partial charge in [-0.3, -0.25) is 4.79 Å². The van der Waals surface area contributed by atoms with Crippen LogP contribution < -0.4 is 14.8 Å². The van der Waals surface area contributed by atoms with Gasteiger partial charge in [-0.05, 0) is 42.0 Å². The largest absolute Gasteiger partial charge is 0.497 e. The van der Waals surface area contributed by atoms with Crippen LogP contribution in [0.15, 0.2) is 53.9 Å². The Morgan fingerprint density at radius 3 is 2.20 bits per heavy atom. The number of methoxy groups -OCH3 is 2. The van der Waals surface area contributed by atoms with Crippen molar-refractivity contribution in [3.05, 3.63) is 65.2 Å². The first kappa shape index (κ1) is 17.0. The molecule has 3 rings (SSSR count). The molecule has 0 unspecified atom stereocenters. The summed E-state index contributed by atoms with van der Waals surface area (Å²) in [5.74, 6) is 1.39. The fourth-order valence-electron chi connectivity index (χ4n) is 2.26. The van der Waals surface area contributed by atoms with E-state index in [4.69, 9.17) is 9.47 Å². The van der Waals surface area contributed by atoms with Crippen LogP contribution in [0.25, 0.3) is 10.6 Å². The minimum Gasteiger partial charge on any atom is -0.497 e. The lowest BCUT2D eigenvalue weighted by atomic mass is 10.2. The Bertz CT molecular complexity index is 842. The predicted molar refractivity (Wildman–Crippen MR) is 98.3 cm³/mol. The number of nitrogens with one attached hydrogen (secondary N) is 1. The van der Waals surface area contributed by atoms with E-state index in [1.165, 1.54) is 11.3 Å². The summed E-state index contributed by atoms with van der Waals surface area (Å²) >= 11 is 1.44. The maximum absolute atomic E-state index is 12.3. The third-order valence-corrected chi connectivity index (χ3v) is 4.58. The standard InChI is InChI=1S/C19H18N2O3S/c1-23-15-7-3-13(4-8-15)11-20-18(22)17-12-25-19(21-17)14-5-9-16(24-2)10-6-14/h3-10,12H,11H2,1-2H3,(H,20,22). The third kappa shape index (κ3) is 4.16. The van der Waals surface area contributed by atoms with Crippen molar-refractivity contribution in [2.75, 3.05) is 14.2 Å². The van der Waals surface area contributed by atoms with Gasteiger partial charge in [-0.25, -0.2) is 4.98 Å². The number of carbonyl (C=O) groups excluding carboxylic acids is 1. The molecule has 0 spiro atoms. The summed E-state index contributed by atoms with van der Waals surface area (Å²) in [7, 11) is 3.25. The highest BCUT2D eigenvalue weighted by Crippen LogP contribution is 2.25. The third-order valence-electron chi connectivity index (χ3n) is 3.69. The topological polar surface area (TPSA) is 60.5 Å². The van der Waals surface area contributed by atoms with E-state index in [9.17, 15) is 4.79 Å². The summed E-state index contributed by atoms with van der Waals surface area (Å²) in [5.41, 5.74) is 2.38. The molecule has 0 aliphatic carbocycles. The molecule has 1 N–H and O–H groups in total. The van der Waals surface area contributed by atoms with Gasteiger partial charge < -0.3 is 14.8 Å². The molecule has 0 saturated carbocycles. The van der Waals surface area contributed by atoms with Crippen molar-refractivity contribution in [1.29, 1.82) is 0 Å². The number of amides is 1. The number of hydrogen-bond acceptors (Lipinski definition) is 5. The van der Waals surface area contributed by atoms with E-state index in [1.807, 2.05) is 48.5 Å². The van der Waals surface area contributed by atoms with Crippen LogP contribution in [0.5, 0.6) is 11.5 Å². The van der Waals surface area contributed by atoms with Crippen LogP contribution in [0.3, 0.4) is 0 Å². The van der Waals surface area contributed by atoms with Crippen molar-refractivity contribution >= 4 is 17.2 Å². The number of hydrogen-bond donors (Lipinski definition) is 1. The normalized spacial score (nSPS) is 10.3. The van der Waals surface area contributed by atoms with E-state index in [2.05, 4.69) is 10.3 Å². The highest BCUT2D eigenvalue weighted by molar-refractivity contribution is 7.13. The monoisotopic (exact) mass is 354 g/mol. The van der Waals surface area contributed by atoms with Crippen LogP contribution in [0.2, 0.25) is 0 Å². The second kappa shape index (κ2) is 7.81. The maximum Gasteiger partial charge on any atom is 0.271 e. The summed E-state index contributed by atoms with van der Waals surface area (Å²) in [6.45, 7) is 0.443. The molecule has 25 heavy (non-hydrogen) atoms. The number of rotatable bonds is 6. The number of benzene rings is 2. The van der Waals surface area contributed by atoms with Crippen molar-refractivity contribution < 1.29 is 14.3 Å². The van der Waals surface area contributed by atoms with Gasteiger partial charge in [-0.1, -0.05) is 12.1 Å². The number of ether oxygens (including phenoxy) is 2. The molecule has 0 radical (unpaired) electrons. The molecule has 1 amide bonds. The first-order chi connectivity index (χ1) is 12.2. The molecule has 0 aliphatic heterocycles. The van der Waals surface area contributed by atoms with Crippen LogP contribution in [0.1, 0.15) is 16.1 Å². The number of nitrogens with zero attached hydrogens (tertiary/aromatic N) is 1. The van der Waals surface area contributed by atoms with Gasteiger partial charge in [0.05, 0.1) is 14.2 Å². The summed E-state index contributed by atoms with van der Waals surface area (Å²) < 4.78 is 10.3. The molecular weight excluding hydrogens is 336 g/mol. The first-order valence-electron chi connectivity index (χ1n) is 7.70. The molecule has 3 aromatic rings. The lowest BCUT2D eigenvalue weighted by molar-refractivity contribution is 0.0946. The van der Waals surface area contributed by atoms with E-state index < -0.39 is 0 Å². The molecule has 0 fully saturated rings. The van der Waals surface area contributed by atoms with E-state index in [0.717, 1.165) is 27.6 Å². The average Bonchev–Trinajstić information content (AvgIpc) is 3.17. The second-order valence-corrected chi connectivity index (χ2v) is 6.16. The fourth-order valence-corrected chi connectivity index (χ4v) is 3.07. The lowest BCUT2D eigenvalue weighted by Crippen LogP contribution is -2.23. The zero-order valence-corrected chi connectivity index (χ0v) is 14.8. The smallest absolute Gasteiger partial charge is 0.271 e. The Morgan fingerprint density at radius 2 is 1.60 bits per heavy atom. The van der Waals surface area contributed by atoms with Crippen molar-refractivity contribution in [2.45, 2.75) is 6.54 Å². The molecular formula is C19H18N2O3S. The van der Waals surface area contributed by atoms with Crippen LogP contribution in [-0.2, 0) is 6.54 Å². The van der Waals surface area contributed by atoms with E-state index in [-0.39, 0.29) is 5.91 Å². The number of thiazole rings is 1. The lowest BCUT2D eigenvalue weighted by Gasteiger charge is -2.05. The van der Waals surface area contributed by atoms with Gasteiger partial charge in [0.25, 0.3) is 5.91 Å². The summed E-state index contributed by atoms with van der Waals surface area (Å²) in [6.07, 6.45) is 0. The molecule has 1 heterocycles. The summed E-state index contributed by atoms with van der Waals surface area (Å²) in [4.78, 5) is 16.7. The van der Waals surface area contributed by atoms with Crippen molar-refractivity contribution in [3.8, 4) is 22.1 Å². The van der Waals surface area contributed by atoms with Gasteiger partial charge in [0.2, 0.25) is 0 Å². The molecule has 5 nitrogen and oxygen atoms in total. The quantitative estimate of drug-likeness (QED) is 0.732. The number of carbonyl (C=O) groups is 1. The molecule has 0 bridgehead atoms. The van der Waals surface area contributed by atoms with E-state index in [1.54, 1.807) is 19.6 Å². The van der Waals surface area contributed by atoms with Crippen molar-refractivity contribution in [2.24, 2.45) is 0 Å². The molecule has 6 heteroatoms. The Labute approximate surface area is 150 Å². The van der Waals surface area contributed by atoms with Gasteiger partial charge in [0, 0.05) is 17.5 Å². The molecule has 0 atom stereocenters. The molecule has 128 valence electrons. The van der Waals surface area contributed by atoms with Gasteiger partial charge in [-0.15, -0.1) is 11.3 Å². The highest BCUT2D eigenvalue weighted by Gasteiger charge is 2.11. The average molecular weight is 354 g/mol. The number of aromatic nitrogens is 1. The zero-order chi connectivity index (χ0) is 17.6.